The highest BCUT2D eigenvalue weighted by molar-refractivity contribution is 5.98. The molecule has 0 saturated heterocycles. The molecule has 2 amide bonds. The van der Waals surface area contributed by atoms with E-state index in [1.807, 2.05) is 13.0 Å². The van der Waals surface area contributed by atoms with Crippen molar-refractivity contribution in [1.82, 2.24) is 0 Å². The van der Waals surface area contributed by atoms with Gasteiger partial charge in [-0.15, -0.1) is 0 Å². The van der Waals surface area contributed by atoms with Crippen LogP contribution in [0.1, 0.15) is 15.9 Å². The minimum absolute atomic E-state index is 0.113. The summed E-state index contributed by atoms with van der Waals surface area (Å²) in [7, 11) is 0. The van der Waals surface area contributed by atoms with Crippen LogP contribution in [0, 0.1) is 6.92 Å². The van der Waals surface area contributed by atoms with E-state index < -0.39 is 30.6 Å². The predicted octanol–water partition coefficient (Wildman–Crippen LogP) is 3.29. The number of esters is 1. The zero-order valence-electron chi connectivity index (χ0n) is 14.1. The molecule has 9 heteroatoms. The van der Waals surface area contributed by atoms with Crippen LogP contribution >= 0.6 is 0 Å². The maximum atomic E-state index is 12.3. The third-order valence-corrected chi connectivity index (χ3v) is 3.25. The van der Waals surface area contributed by atoms with Gasteiger partial charge in [-0.25, -0.2) is 4.79 Å². The first-order chi connectivity index (χ1) is 12.6. The van der Waals surface area contributed by atoms with E-state index in [-0.39, 0.29) is 11.3 Å². The highest BCUT2D eigenvalue weighted by Crippen LogP contribution is 2.19. The van der Waals surface area contributed by atoms with E-state index in [9.17, 15) is 27.6 Å². The molecule has 0 aromatic heterocycles. The number of hydrogen-bond donors (Lipinski definition) is 2. The summed E-state index contributed by atoms with van der Waals surface area (Å²) in [5, 5.41) is 4.17. The van der Waals surface area contributed by atoms with Gasteiger partial charge in [-0.3, -0.25) is 9.59 Å². The van der Waals surface area contributed by atoms with Crippen LogP contribution in [0.5, 0.6) is 0 Å². The molecule has 0 fully saturated rings. The summed E-state index contributed by atoms with van der Waals surface area (Å²) < 4.78 is 41.6. The van der Waals surface area contributed by atoms with E-state index in [1.54, 1.807) is 23.5 Å². The zero-order valence-corrected chi connectivity index (χ0v) is 14.1. The van der Waals surface area contributed by atoms with Gasteiger partial charge in [0.05, 0.1) is 5.56 Å². The molecule has 0 unspecified atom stereocenters. The Morgan fingerprint density at radius 3 is 2.22 bits per heavy atom. The number of alkyl halides is 3. The van der Waals surface area contributed by atoms with Crippen LogP contribution in [0.15, 0.2) is 48.5 Å². The molecule has 0 aliphatic carbocycles. The number of rotatable bonds is 5. The summed E-state index contributed by atoms with van der Waals surface area (Å²) in [6, 6.07) is 11.7. The molecule has 2 N–H and O–H groups in total. The molecule has 0 aliphatic heterocycles. The molecule has 0 atom stereocenters. The molecule has 2 aromatic carbocycles. The van der Waals surface area contributed by atoms with Crippen molar-refractivity contribution in [2.75, 3.05) is 17.2 Å². The third kappa shape index (κ3) is 6.14. The van der Waals surface area contributed by atoms with E-state index >= 15 is 0 Å². The molecule has 0 spiro atoms. The summed E-state index contributed by atoms with van der Waals surface area (Å²) in [5.41, 5.74) is 1.13. The number of anilines is 2. The second-order valence-electron chi connectivity index (χ2n) is 5.53. The van der Waals surface area contributed by atoms with E-state index in [0.717, 1.165) is 11.6 Å². The van der Waals surface area contributed by atoms with Gasteiger partial charge in [-0.2, -0.15) is 13.2 Å². The first kappa shape index (κ1) is 20.0. The van der Waals surface area contributed by atoms with E-state index in [4.69, 9.17) is 4.74 Å². The number of ether oxygens (including phenoxy) is 1. The fourth-order valence-corrected chi connectivity index (χ4v) is 2.06. The summed E-state index contributed by atoms with van der Waals surface area (Å²) in [5.74, 6) is -3.65. The standard InChI is InChI=1S/C18H15F3N2O4/c1-11-4-2-6-13(8-11)22-15(24)10-27-16(25)12-5-3-7-14(9-12)23-17(26)18(19,20)21/h2-9H,10H2,1H3,(H,22,24)(H,23,26). The van der Waals surface area contributed by atoms with Crippen LogP contribution in [-0.4, -0.2) is 30.6 Å². The topological polar surface area (TPSA) is 84.5 Å². The average Bonchev–Trinajstić information content (AvgIpc) is 2.59. The SMILES string of the molecule is Cc1cccc(NC(=O)COC(=O)c2cccc(NC(=O)C(F)(F)F)c2)c1. The second kappa shape index (κ2) is 8.35. The fraction of sp³-hybridized carbons (Fsp3) is 0.167. The highest BCUT2D eigenvalue weighted by atomic mass is 19.4. The lowest BCUT2D eigenvalue weighted by Gasteiger charge is -2.10. The minimum atomic E-state index is -5.05. The minimum Gasteiger partial charge on any atom is -0.452 e. The van der Waals surface area contributed by atoms with Crippen LogP contribution in [0.25, 0.3) is 0 Å². The van der Waals surface area contributed by atoms with Crippen LogP contribution in [0.3, 0.4) is 0 Å². The van der Waals surface area contributed by atoms with Gasteiger partial charge in [0.2, 0.25) is 0 Å². The van der Waals surface area contributed by atoms with Gasteiger partial charge in [0.25, 0.3) is 5.91 Å². The predicted molar refractivity (Wildman–Crippen MR) is 91.2 cm³/mol. The number of hydrogen-bond acceptors (Lipinski definition) is 4. The van der Waals surface area contributed by atoms with Crippen LogP contribution in [0.4, 0.5) is 24.5 Å². The van der Waals surface area contributed by atoms with Crippen molar-refractivity contribution in [1.29, 1.82) is 0 Å². The Hall–Kier alpha value is -3.36. The Kier molecular flexibility index (Phi) is 6.17. The molecule has 27 heavy (non-hydrogen) atoms. The van der Waals surface area contributed by atoms with Crippen molar-refractivity contribution in [3.05, 3.63) is 59.7 Å². The summed E-state index contributed by atoms with van der Waals surface area (Å²) >= 11 is 0. The molecule has 0 aliphatic rings. The lowest BCUT2D eigenvalue weighted by Crippen LogP contribution is -2.30. The average molecular weight is 380 g/mol. The Bertz CT molecular complexity index is 866. The lowest BCUT2D eigenvalue weighted by atomic mass is 10.2. The molecule has 0 saturated carbocycles. The molecule has 2 aromatic rings. The first-order valence-electron chi connectivity index (χ1n) is 7.67. The van der Waals surface area contributed by atoms with E-state index in [0.29, 0.717) is 5.69 Å². The lowest BCUT2D eigenvalue weighted by molar-refractivity contribution is -0.167. The van der Waals surface area contributed by atoms with E-state index in [2.05, 4.69) is 5.32 Å². The molecule has 0 radical (unpaired) electrons. The smallest absolute Gasteiger partial charge is 0.452 e. The highest BCUT2D eigenvalue weighted by Gasteiger charge is 2.38. The van der Waals surface area contributed by atoms with Crippen molar-refractivity contribution in [2.24, 2.45) is 0 Å². The number of amides is 2. The van der Waals surface area contributed by atoms with Crippen molar-refractivity contribution in [2.45, 2.75) is 13.1 Å². The van der Waals surface area contributed by atoms with Crippen molar-refractivity contribution >= 4 is 29.2 Å². The Labute approximate surface area is 152 Å². The molecule has 2 rings (SSSR count). The van der Waals surface area contributed by atoms with Gasteiger partial charge >= 0.3 is 18.1 Å². The van der Waals surface area contributed by atoms with Crippen molar-refractivity contribution in [3.8, 4) is 0 Å². The summed E-state index contributed by atoms with van der Waals surface area (Å²) in [6.45, 7) is 1.27. The molecular weight excluding hydrogens is 365 g/mol. The molecule has 142 valence electrons. The van der Waals surface area contributed by atoms with Gasteiger partial charge < -0.3 is 15.4 Å². The number of halogens is 3. The Balaban J connectivity index is 1.93. The zero-order chi connectivity index (χ0) is 20.0. The number of benzene rings is 2. The number of nitrogens with one attached hydrogen (secondary N) is 2. The van der Waals surface area contributed by atoms with Crippen LogP contribution < -0.4 is 10.6 Å². The first-order valence-corrected chi connectivity index (χ1v) is 7.67. The Morgan fingerprint density at radius 2 is 1.59 bits per heavy atom. The van der Waals surface area contributed by atoms with Gasteiger partial charge in [0.1, 0.15) is 0 Å². The van der Waals surface area contributed by atoms with Gasteiger partial charge in [0, 0.05) is 11.4 Å². The van der Waals surface area contributed by atoms with Crippen molar-refractivity contribution < 1.29 is 32.3 Å². The molecule has 0 bridgehead atoms. The van der Waals surface area contributed by atoms with Crippen LogP contribution in [0.2, 0.25) is 0 Å². The molecular formula is C18H15F3N2O4. The monoisotopic (exact) mass is 380 g/mol. The molecule has 0 heterocycles. The van der Waals surface area contributed by atoms with Gasteiger partial charge in [0.15, 0.2) is 6.61 Å². The maximum Gasteiger partial charge on any atom is 0.471 e. The number of aryl methyl sites for hydroxylation is 1. The summed E-state index contributed by atoms with van der Waals surface area (Å²) in [6.07, 6.45) is -5.05. The summed E-state index contributed by atoms with van der Waals surface area (Å²) in [4.78, 5) is 34.7. The maximum absolute atomic E-state index is 12.3. The largest absolute Gasteiger partial charge is 0.471 e. The second-order valence-corrected chi connectivity index (χ2v) is 5.53. The number of carbonyl (C=O) groups excluding carboxylic acids is 3. The molecule has 6 nitrogen and oxygen atoms in total. The number of carbonyl (C=O) groups is 3. The van der Waals surface area contributed by atoms with E-state index in [1.165, 1.54) is 18.2 Å². The fourth-order valence-electron chi connectivity index (χ4n) is 2.06. The quantitative estimate of drug-likeness (QED) is 0.780. The Morgan fingerprint density at radius 1 is 0.963 bits per heavy atom. The van der Waals surface area contributed by atoms with Crippen LogP contribution in [-0.2, 0) is 14.3 Å². The normalized spacial score (nSPS) is 10.8. The third-order valence-electron chi connectivity index (χ3n) is 3.25. The van der Waals surface area contributed by atoms with Crippen molar-refractivity contribution in [3.63, 3.8) is 0 Å². The van der Waals surface area contributed by atoms with Gasteiger partial charge in [-0.1, -0.05) is 18.2 Å². The van der Waals surface area contributed by atoms with Gasteiger partial charge in [-0.05, 0) is 42.8 Å².